The van der Waals surface area contributed by atoms with Crippen LogP contribution in [-0.2, 0) is 20.8 Å². The smallest absolute Gasteiger partial charge is 0.338 e. The minimum Gasteiger partial charge on any atom is -0.508 e. The number of amides is 2. The summed E-state index contributed by atoms with van der Waals surface area (Å²) >= 11 is 0. The second-order valence-corrected chi connectivity index (χ2v) is 6.83. The summed E-state index contributed by atoms with van der Waals surface area (Å²) in [6, 6.07) is 12.0. The molecule has 0 fully saturated rings. The number of carbonyl (C=O) groups is 2. The number of phenols is 2. The maximum Gasteiger partial charge on any atom is 0.338 e. The van der Waals surface area contributed by atoms with E-state index in [9.17, 15) is 19.8 Å². The van der Waals surface area contributed by atoms with Gasteiger partial charge in [-0.2, -0.15) is 0 Å². The molecular weight excluding hydrogens is 388 g/mol. The van der Waals surface area contributed by atoms with Crippen LogP contribution < -0.4 is 5.32 Å². The van der Waals surface area contributed by atoms with Crippen molar-refractivity contribution in [1.29, 1.82) is 0 Å². The highest BCUT2D eigenvalue weighted by Crippen LogP contribution is 2.37. The topological polar surface area (TPSA) is 108 Å². The first-order valence-electron chi connectivity index (χ1n) is 9.43. The van der Waals surface area contributed by atoms with Crippen molar-refractivity contribution in [2.45, 2.75) is 19.5 Å². The van der Waals surface area contributed by atoms with E-state index in [1.165, 1.54) is 24.1 Å². The van der Waals surface area contributed by atoms with Gasteiger partial charge in [-0.05, 0) is 24.6 Å². The van der Waals surface area contributed by atoms with Gasteiger partial charge in [-0.15, -0.1) is 0 Å². The van der Waals surface area contributed by atoms with E-state index < -0.39 is 18.0 Å². The van der Waals surface area contributed by atoms with Gasteiger partial charge in [0.15, 0.2) is 0 Å². The first-order valence-corrected chi connectivity index (χ1v) is 9.43. The Morgan fingerprint density at radius 2 is 1.87 bits per heavy atom. The van der Waals surface area contributed by atoms with Gasteiger partial charge < -0.3 is 25.0 Å². The number of ether oxygens (including phenoxy) is 2. The van der Waals surface area contributed by atoms with Crippen LogP contribution >= 0.6 is 0 Å². The second-order valence-electron chi connectivity index (χ2n) is 6.83. The van der Waals surface area contributed by atoms with Crippen LogP contribution in [0.15, 0.2) is 59.8 Å². The standard InChI is InChI=1S/C22H24N2O6/c1-14-19(21(27)30-11-10-29-2)20(17-9-8-16(25)12-18(17)26)23-22(28)24(14)13-15-6-4-3-5-7-15/h3-9,12,20,25-26H,10-11,13H2,1-2H3,(H,23,28)/t20-/m1/s1. The zero-order chi connectivity index (χ0) is 21.7. The average molecular weight is 412 g/mol. The number of hydrogen-bond acceptors (Lipinski definition) is 6. The maximum atomic E-state index is 12.9. The summed E-state index contributed by atoms with van der Waals surface area (Å²) in [5.74, 6) is -0.999. The average Bonchev–Trinajstić information content (AvgIpc) is 2.71. The number of phenolic OH excluding ortho intramolecular Hbond substituents is 2. The monoisotopic (exact) mass is 412 g/mol. The summed E-state index contributed by atoms with van der Waals surface area (Å²) in [6.45, 7) is 2.21. The molecule has 158 valence electrons. The fraction of sp³-hybridized carbons (Fsp3) is 0.273. The number of allylic oxidation sites excluding steroid dienone is 1. The van der Waals surface area contributed by atoms with Crippen molar-refractivity contribution in [3.05, 3.63) is 70.9 Å². The van der Waals surface area contributed by atoms with Gasteiger partial charge in [0.1, 0.15) is 18.1 Å². The highest BCUT2D eigenvalue weighted by atomic mass is 16.6. The third-order valence-corrected chi connectivity index (χ3v) is 4.85. The molecule has 2 aromatic rings. The molecule has 1 aliphatic heterocycles. The van der Waals surface area contributed by atoms with Crippen molar-refractivity contribution in [2.24, 2.45) is 0 Å². The first-order chi connectivity index (χ1) is 14.4. The highest BCUT2D eigenvalue weighted by Gasteiger charge is 2.37. The van der Waals surface area contributed by atoms with Crippen LogP contribution in [0.5, 0.6) is 11.5 Å². The van der Waals surface area contributed by atoms with Gasteiger partial charge in [-0.3, -0.25) is 4.90 Å². The zero-order valence-corrected chi connectivity index (χ0v) is 16.8. The molecule has 0 bridgehead atoms. The van der Waals surface area contributed by atoms with Crippen LogP contribution in [-0.4, -0.2) is 47.4 Å². The van der Waals surface area contributed by atoms with E-state index in [1.54, 1.807) is 6.92 Å². The van der Waals surface area contributed by atoms with Crippen molar-refractivity contribution in [1.82, 2.24) is 10.2 Å². The molecule has 1 aliphatic rings. The largest absolute Gasteiger partial charge is 0.508 e. The zero-order valence-electron chi connectivity index (χ0n) is 16.8. The number of esters is 1. The molecule has 30 heavy (non-hydrogen) atoms. The number of urea groups is 1. The molecule has 0 aromatic heterocycles. The summed E-state index contributed by atoms with van der Waals surface area (Å²) in [4.78, 5) is 27.2. The Labute approximate surface area is 174 Å². The van der Waals surface area contributed by atoms with Crippen molar-refractivity contribution < 1.29 is 29.3 Å². The minimum absolute atomic E-state index is 0.0486. The summed E-state index contributed by atoms with van der Waals surface area (Å²) in [5.41, 5.74) is 1.79. The van der Waals surface area contributed by atoms with E-state index in [1.807, 2.05) is 30.3 Å². The lowest BCUT2D eigenvalue weighted by Gasteiger charge is -2.35. The van der Waals surface area contributed by atoms with E-state index in [0.717, 1.165) is 11.6 Å². The summed E-state index contributed by atoms with van der Waals surface area (Å²) in [5, 5.41) is 22.7. The lowest BCUT2D eigenvalue weighted by molar-refractivity contribution is -0.140. The normalized spacial score (nSPS) is 16.4. The van der Waals surface area contributed by atoms with Crippen LogP contribution in [0.25, 0.3) is 0 Å². The number of nitrogens with one attached hydrogen (secondary N) is 1. The molecule has 3 N–H and O–H groups in total. The number of aromatic hydroxyl groups is 2. The summed E-state index contributed by atoms with van der Waals surface area (Å²) < 4.78 is 10.2. The molecule has 0 spiro atoms. The summed E-state index contributed by atoms with van der Waals surface area (Å²) in [6.07, 6.45) is 0. The number of benzene rings is 2. The van der Waals surface area contributed by atoms with Crippen molar-refractivity contribution >= 4 is 12.0 Å². The maximum absolute atomic E-state index is 12.9. The van der Waals surface area contributed by atoms with Gasteiger partial charge in [-0.1, -0.05) is 30.3 Å². The van der Waals surface area contributed by atoms with Crippen LogP contribution in [0, 0.1) is 0 Å². The van der Waals surface area contributed by atoms with Crippen LogP contribution in [0.4, 0.5) is 4.79 Å². The second kappa shape index (κ2) is 9.32. The quantitative estimate of drug-likeness (QED) is 0.477. The van der Waals surface area contributed by atoms with Crippen LogP contribution in [0.1, 0.15) is 24.1 Å². The lowest BCUT2D eigenvalue weighted by atomic mass is 9.94. The fourth-order valence-corrected chi connectivity index (χ4v) is 3.31. The number of nitrogens with zero attached hydrogens (tertiary/aromatic N) is 1. The minimum atomic E-state index is -0.930. The van der Waals surface area contributed by atoms with E-state index in [2.05, 4.69) is 5.32 Å². The summed E-state index contributed by atoms with van der Waals surface area (Å²) in [7, 11) is 1.50. The molecule has 3 rings (SSSR count). The van der Waals surface area contributed by atoms with E-state index >= 15 is 0 Å². The van der Waals surface area contributed by atoms with Crippen LogP contribution in [0.2, 0.25) is 0 Å². The van der Waals surface area contributed by atoms with Gasteiger partial charge in [0.05, 0.1) is 24.8 Å². The Morgan fingerprint density at radius 3 is 2.53 bits per heavy atom. The van der Waals surface area contributed by atoms with Crippen LogP contribution in [0.3, 0.4) is 0 Å². The molecule has 8 heteroatoms. The van der Waals surface area contributed by atoms with Gasteiger partial charge >= 0.3 is 12.0 Å². The molecule has 0 saturated carbocycles. The van der Waals surface area contributed by atoms with E-state index in [-0.39, 0.29) is 42.4 Å². The Balaban J connectivity index is 2.01. The number of hydrogen-bond donors (Lipinski definition) is 3. The molecule has 2 aromatic carbocycles. The predicted octanol–water partition coefficient (Wildman–Crippen LogP) is 2.83. The SMILES string of the molecule is COCCOC(=O)C1=C(C)N(Cc2ccccc2)C(=O)N[C@@H]1c1ccc(O)cc1O. The Kier molecular flexibility index (Phi) is 6.58. The Bertz CT molecular complexity index is 957. The molecule has 0 aliphatic carbocycles. The molecular formula is C22H24N2O6. The number of carbonyl (C=O) groups excluding carboxylic acids is 2. The van der Waals surface area contributed by atoms with Gasteiger partial charge in [0, 0.05) is 24.4 Å². The van der Waals surface area contributed by atoms with E-state index in [4.69, 9.17) is 9.47 Å². The van der Waals surface area contributed by atoms with Crippen molar-refractivity contribution in [3.63, 3.8) is 0 Å². The number of methoxy groups -OCH3 is 1. The fourth-order valence-electron chi connectivity index (χ4n) is 3.31. The van der Waals surface area contributed by atoms with Gasteiger partial charge in [0.2, 0.25) is 0 Å². The molecule has 8 nitrogen and oxygen atoms in total. The molecule has 1 heterocycles. The molecule has 0 saturated heterocycles. The Morgan fingerprint density at radius 1 is 1.13 bits per heavy atom. The number of rotatable bonds is 7. The molecule has 0 radical (unpaired) electrons. The van der Waals surface area contributed by atoms with E-state index in [0.29, 0.717) is 5.70 Å². The highest BCUT2D eigenvalue weighted by molar-refractivity contribution is 5.95. The molecule has 1 atom stereocenters. The Hall–Kier alpha value is -3.52. The van der Waals surface area contributed by atoms with Gasteiger partial charge in [-0.25, -0.2) is 9.59 Å². The molecule has 2 amide bonds. The third kappa shape index (κ3) is 4.55. The lowest BCUT2D eigenvalue weighted by Crippen LogP contribution is -2.47. The van der Waals surface area contributed by atoms with Crippen molar-refractivity contribution in [3.8, 4) is 11.5 Å². The molecule has 0 unspecified atom stereocenters. The third-order valence-electron chi connectivity index (χ3n) is 4.85. The van der Waals surface area contributed by atoms with Gasteiger partial charge in [0.25, 0.3) is 0 Å². The van der Waals surface area contributed by atoms with Crippen molar-refractivity contribution in [2.75, 3.05) is 20.3 Å². The predicted molar refractivity (Wildman–Crippen MR) is 109 cm³/mol. The first kappa shape index (κ1) is 21.2.